The van der Waals surface area contributed by atoms with Crippen molar-refractivity contribution in [1.82, 2.24) is 0 Å². The van der Waals surface area contributed by atoms with E-state index in [-0.39, 0.29) is 17.4 Å². The standard InChI is InChI=1S/C15H23NO5/c1-3-9(8-11(16)15(20)21-2)4-5-10-6-7-12(17)14(19)13(10)18/h6-7,9,11,17-19H,3-5,8,16H2,1-2H3. The van der Waals surface area contributed by atoms with Gasteiger partial charge in [0.1, 0.15) is 6.04 Å². The van der Waals surface area contributed by atoms with Crippen LogP contribution >= 0.6 is 0 Å². The molecule has 0 saturated heterocycles. The van der Waals surface area contributed by atoms with E-state index in [1.807, 2.05) is 6.92 Å². The summed E-state index contributed by atoms with van der Waals surface area (Å²) in [4.78, 5) is 11.3. The number of carbonyl (C=O) groups excluding carboxylic acids is 1. The van der Waals surface area contributed by atoms with Gasteiger partial charge in [0, 0.05) is 0 Å². The maximum Gasteiger partial charge on any atom is 0.322 e. The number of aromatic hydroxyl groups is 3. The van der Waals surface area contributed by atoms with Gasteiger partial charge in [0.2, 0.25) is 5.75 Å². The lowest BCUT2D eigenvalue weighted by Gasteiger charge is -2.18. The Labute approximate surface area is 124 Å². The van der Waals surface area contributed by atoms with E-state index in [0.717, 1.165) is 6.42 Å². The molecule has 0 heterocycles. The molecule has 1 aromatic rings. The molecule has 5 N–H and O–H groups in total. The smallest absolute Gasteiger partial charge is 0.322 e. The van der Waals surface area contributed by atoms with Crippen LogP contribution in [0.25, 0.3) is 0 Å². The number of methoxy groups -OCH3 is 1. The second kappa shape index (κ2) is 7.73. The third kappa shape index (κ3) is 4.53. The van der Waals surface area contributed by atoms with E-state index < -0.39 is 17.8 Å². The molecular formula is C15H23NO5. The predicted octanol–water partition coefficient (Wildman–Crippen LogP) is 1.65. The van der Waals surface area contributed by atoms with Crippen LogP contribution in [0.3, 0.4) is 0 Å². The number of phenols is 3. The maximum absolute atomic E-state index is 11.3. The molecular weight excluding hydrogens is 274 g/mol. The number of carbonyl (C=O) groups is 1. The molecule has 118 valence electrons. The first-order valence-electron chi connectivity index (χ1n) is 6.96. The Bertz CT molecular complexity index is 489. The summed E-state index contributed by atoms with van der Waals surface area (Å²) in [5.41, 5.74) is 6.30. The Balaban J connectivity index is 2.64. The number of hydrogen-bond acceptors (Lipinski definition) is 6. The topological polar surface area (TPSA) is 113 Å². The largest absolute Gasteiger partial charge is 0.504 e. The number of hydrogen-bond donors (Lipinski definition) is 4. The minimum absolute atomic E-state index is 0.203. The van der Waals surface area contributed by atoms with Crippen molar-refractivity contribution in [3.8, 4) is 17.2 Å². The van der Waals surface area contributed by atoms with E-state index in [2.05, 4.69) is 4.74 Å². The number of rotatable bonds is 7. The summed E-state index contributed by atoms with van der Waals surface area (Å²) in [5.74, 6) is -1.39. The van der Waals surface area contributed by atoms with Gasteiger partial charge in [-0.1, -0.05) is 19.4 Å². The fourth-order valence-corrected chi connectivity index (χ4v) is 2.27. The summed E-state index contributed by atoms with van der Waals surface area (Å²) in [6.45, 7) is 2.00. The molecule has 0 radical (unpaired) electrons. The van der Waals surface area contributed by atoms with Gasteiger partial charge < -0.3 is 25.8 Å². The van der Waals surface area contributed by atoms with Crippen molar-refractivity contribution < 1.29 is 24.9 Å². The number of benzene rings is 1. The number of nitrogens with two attached hydrogens (primary N) is 1. The van der Waals surface area contributed by atoms with Gasteiger partial charge in [-0.15, -0.1) is 0 Å². The highest BCUT2D eigenvalue weighted by Gasteiger charge is 2.20. The van der Waals surface area contributed by atoms with Crippen LogP contribution in [-0.4, -0.2) is 34.4 Å². The molecule has 1 rings (SSSR count). The average molecular weight is 297 g/mol. The zero-order valence-corrected chi connectivity index (χ0v) is 12.4. The molecule has 2 atom stereocenters. The van der Waals surface area contributed by atoms with Crippen LogP contribution in [0.4, 0.5) is 0 Å². The molecule has 0 aliphatic heterocycles. The number of ether oxygens (including phenoxy) is 1. The summed E-state index contributed by atoms with van der Waals surface area (Å²) < 4.78 is 4.60. The first-order chi connectivity index (χ1) is 9.90. The lowest BCUT2D eigenvalue weighted by atomic mass is 9.91. The van der Waals surface area contributed by atoms with Crippen molar-refractivity contribution in [2.75, 3.05) is 7.11 Å². The van der Waals surface area contributed by atoms with Crippen molar-refractivity contribution in [3.05, 3.63) is 17.7 Å². The van der Waals surface area contributed by atoms with Gasteiger partial charge in [0.15, 0.2) is 11.5 Å². The van der Waals surface area contributed by atoms with E-state index in [1.165, 1.54) is 13.2 Å². The zero-order valence-electron chi connectivity index (χ0n) is 12.4. The number of aryl methyl sites for hydroxylation is 1. The molecule has 1 aromatic carbocycles. The fourth-order valence-electron chi connectivity index (χ4n) is 2.27. The van der Waals surface area contributed by atoms with Crippen molar-refractivity contribution >= 4 is 5.97 Å². The third-order valence-corrected chi connectivity index (χ3v) is 3.70. The van der Waals surface area contributed by atoms with Crippen LogP contribution in [-0.2, 0) is 16.0 Å². The first kappa shape index (κ1) is 17.1. The Morgan fingerprint density at radius 1 is 1.29 bits per heavy atom. The van der Waals surface area contributed by atoms with Gasteiger partial charge in [-0.25, -0.2) is 0 Å². The number of esters is 1. The van der Waals surface area contributed by atoms with Crippen LogP contribution in [0.15, 0.2) is 12.1 Å². The van der Waals surface area contributed by atoms with Crippen LogP contribution in [0.2, 0.25) is 0 Å². The van der Waals surface area contributed by atoms with Gasteiger partial charge in [0.25, 0.3) is 0 Å². The molecule has 0 amide bonds. The first-order valence-corrected chi connectivity index (χ1v) is 6.96. The normalized spacial score (nSPS) is 13.7. The molecule has 0 fully saturated rings. The molecule has 21 heavy (non-hydrogen) atoms. The van der Waals surface area contributed by atoms with Gasteiger partial charge in [-0.05, 0) is 36.8 Å². The summed E-state index contributed by atoms with van der Waals surface area (Å²) in [7, 11) is 1.31. The molecule has 0 aromatic heterocycles. The summed E-state index contributed by atoms with van der Waals surface area (Å²) >= 11 is 0. The van der Waals surface area contributed by atoms with Crippen LogP contribution in [0.5, 0.6) is 17.2 Å². The van der Waals surface area contributed by atoms with Gasteiger partial charge in [0.05, 0.1) is 7.11 Å². The minimum atomic E-state index is -0.651. The van der Waals surface area contributed by atoms with E-state index in [0.29, 0.717) is 24.8 Å². The van der Waals surface area contributed by atoms with Gasteiger partial charge >= 0.3 is 5.97 Å². The van der Waals surface area contributed by atoms with Crippen molar-refractivity contribution in [2.45, 2.75) is 38.6 Å². The van der Waals surface area contributed by atoms with Crippen molar-refractivity contribution in [1.29, 1.82) is 0 Å². The van der Waals surface area contributed by atoms with E-state index in [9.17, 15) is 20.1 Å². The molecule has 0 aliphatic carbocycles. The van der Waals surface area contributed by atoms with Crippen molar-refractivity contribution in [3.63, 3.8) is 0 Å². The van der Waals surface area contributed by atoms with Crippen molar-refractivity contribution in [2.24, 2.45) is 11.7 Å². The fraction of sp³-hybridized carbons (Fsp3) is 0.533. The monoisotopic (exact) mass is 297 g/mol. The molecule has 2 unspecified atom stereocenters. The van der Waals surface area contributed by atoms with Gasteiger partial charge in [-0.2, -0.15) is 0 Å². The lowest BCUT2D eigenvalue weighted by Crippen LogP contribution is -2.33. The SMILES string of the molecule is CCC(CCc1ccc(O)c(O)c1O)CC(N)C(=O)OC. The van der Waals surface area contributed by atoms with Gasteiger partial charge in [-0.3, -0.25) is 4.79 Å². The molecule has 0 spiro atoms. The quantitative estimate of drug-likeness (QED) is 0.449. The minimum Gasteiger partial charge on any atom is -0.504 e. The molecule has 0 bridgehead atoms. The second-order valence-electron chi connectivity index (χ2n) is 5.12. The van der Waals surface area contributed by atoms with Crippen LogP contribution in [0.1, 0.15) is 31.7 Å². The second-order valence-corrected chi connectivity index (χ2v) is 5.12. The highest BCUT2D eigenvalue weighted by molar-refractivity contribution is 5.75. The molecule has 0 aliphatic rings. The summed E-state index contributed by atoms with van der Waals surface area (Å²) in [6, 6.07) is 2.25. The third-order valence-electron chi connectivity index (χ3n) is 3.70. The highest BCUT2D eigenvalue weighted by atomic mass is 16.5. The summed E-state index contributed by atoms with van der Waals surface area (Å²) in [6.07, 6.45) is 2.58. The lowest BCUT2D eigenvalue weighted by molar-refractivity contribution is -0.142. The molecule has 6 nitrogen and oxygen atoms in total. The van der Waals surface area contributed by atoms with Crippen LogP contribution < -0.4 is 5.73 Å². The van der Waals surface area contributed by atoms with E-state index in [1.54, 1.807) is 6.07 Å². The molecule has 0 saturated carbocycles. The predicted molar refractivity (Wildman–Crippen MR) is 78.1 cm³/mol. The highest BCUT2D eigenvalue weighted by Crippen LogP contribution is 2.38. The van der Waals surface area contributed by atoms with E-state index >= 15 is 0 Å². The Morgan fingerprint density at radius 2 is 1.95 bits per heavy atom. The van der Waals surface area contributed by atoms with E-state index in [4.69, 9.17) is 5.73 Å². The zero-order chi connectivity index (χ0) is 16.0. The molecule has 6 heteroatoms. The Hall–Kier alpha value is -1.95. The average Bonchev–Trinajstić information content (AvgIpc) is 2.49. The maximum atomic E-state index is 11.3. The number of phenolic OH excluding ortho intramolecular Hbond substituents is 3. The summed E-state index contributed by atoms with van der Waals surface area (Å²) in [5, 5.41) is 28.5. The van der Waals surface area contributed by atoms with Crippen LogP contribution in [0, 0.1) is 5.92 Å². The Morgan fingerprint density at radius 3 is 2.52 bits per heavy atom. The Kier molecular flexibility index (Phi) is 6.30.